The number of nitrogens with zero attached hydrogens (tertiary/aromatic N) is 4. The number of benzene rings is 2. The first-order chi connectivity index (χ1) is 16.2. The van der Waals surface area contributed by atoms with Crippen molar-refractivity contribution < 1.29 is 0 Å². The van der Waals surface area contributed by atoms with Crippen molar-refractivity contribution in [3.63, 3.8) is 0 Å². The zero-order valence-corrected chi connectivity index (χ0v) is 21.9. The molecule has 0 radical (unpaired) electrons. The zero-order valence-electron chi connectivity index (χ0n) is 20.4. The highest BCUT2D eigenvalue weighted by Gasteiger charge is 2.41. The van der Waals surface area contributed by atoms with Crippen LogP contribution in [0.4, 0.5) is 5.69 Å². The molecule has 4 rings (SSSR count). The summed E-state index contributed by atoms with van der Waals surface area (Å²) in [5.41, 5.74) is 2.82. The third kappa shape index (κ3) is 5.47. The quantitative estimate of drug-likeness (QED) is 0.376. The van der Waals surface area contributed by atoms with Crippen LogP contribution in [0.3, 0.4) is 0 Å². The topological polar surface area (TPSA) is 55.6 Å². The second-order valence-electron chi connectivity index (χ2n) is 10.4. The van der Waals surface area contributed by atoms with Crippen LogP contribution in [0.2, 0.25) is 10.0 Å². The van der Waals surface area contributed by atoms with E-state index in [1.807, 2.05) is 22.9 Å². The van der Waals surface area contributed by atoms with Crippen LogP contribution in [0.1, 0.15) is 75.9 Å². The maximum Gasteiger partial charge on any atom is 0.177 e. The third-order valence-electron chi connectivity index (χ3n) is 6.63. The number of anilines is 1. The van der Waals surface area contributed by atoms with Crippen molar-refractivity contribution in [2.45, 2.75) is 71.4 Å². The predicted octanol–water partition coefficient (Wildman–Crippen LogP) is 7.86. The van der Waals surface area contributed by atoms with Crippen molar-refractivity contribution in [1.82, 2.24) is 20.2 Å². The summed E-state index contributed by atoms with van der Waals surface area (Å²) >= 11 is 12.5. The molecule has 1 heterocycles. The molecular weight excluding hydrogens is 465 g/mol. The second kappa shape index (κ2) is 10.1. The van der Waals surface area contributed by atoms with Crippen LogP contribution in [0, 0.1) is 12.3 Å². The maximum atomic E-state index is 6.44. The minimum absolute atomic E-state index is 0.0668. The molecule has 1 fully saturated rings. The van der Waals surface area contributed by atoms with E-state index in [0.29, 0.717) is 10.0 Å². The van der Waals surface area contributed by atoms with E-state index in [1.54, 1.807) is 6.07 Å². The van der Waals surface area contributed by atoms with Gasteiger partial charge in [-0.2, -0.15) is 0 Å². The van der Waals surface area contributed by atoms with E-state index in [1.165, 1.54) is 12.0 Å². The molecule has 3 aromatic rings. The standard InChI is InChI=1S/C27H33Cl2N5/c1-19-8-13-22(14-9-19)30-27(16-6-5-7-17-27)25-31-32-33-34(25)24(26(2,3)4)15-11-20-10-12-21(28)18-23(20)29/h8-15,18,24,30H,5-7,16-17H2,1-4H3. The van der Waals surface area contributed by atoms with Gasteiger partial charge in [-0.3, -0.25) is 0 Å². The van der Waals surface area contributed by atoms with Crippen LogP contribution in [0.5, 0.6) is 0 Å². The molecule has 1 unspecified atom stereocenters. The summed E-state index contributed by atoms with van der Waals surface area (Å²) in [6.07, 6.45) is 9.69. The SMILES string of the molecule is Cc1ccc(NC2(c3nnnn3C(C=Cc3ccc(Cl)cc3Cl)C(C)(C)C)CCCCC2)cc1. The molecule has 1 aromatic heterocycles. The molecule has 0 saturated heterocycles. The Morgan fingerprint density at radius 2 is 1.74 bits per heavy atom. The van der Waals surface area contributed by atoms with Crippen LogP contribution in [-0.2, 0) is 5.54 Å². The fourth-order valence-corrected chi connectivity index (χ4v) is 5.21. The Kier molecular flexibility index (Phi) is 7.34. The van der Waals surface area contributed by atoms with Gasteiger partial charge in [0.05, 0.1) is 11.6 Å². The Labute approximate surface area is 212 Å². The van der Waals surface area contributed by atoms with Crippen LogP contribution < -0.4 is 5.32 Å². The van der Waals surface area contributed by atoms with Gasteiger partial charge in [-0.05, 0) is 65.4 Å². The lowest BCUT2D eigenvalue weighted by molar-refractivity contribution is 0.237. The van der Waals surface area contributed by atoms with Gasteiger partial charge in [-0.1, -0.05) is 99.2 Å². The number of hydrogen-bond donors (Lipinski definition) is 1. The molecule has 2 aromatic carbocycles. The van der Waals surface area contributed by atoms with Crippen molar-refractivity contribution in [2.24, 2.45) is 5.41 Å². The minimum Gasteiger partial charge on any atom is -0.373 e. The van der Waals surface area contributed by atoms with Crippen LogP contribution >= 0.6 is 23.2 Å². The number of rotatable bonds is 6. The Hall–Kier alpha value is -2.37. The first kappa shape index (κ1) is 24.7. The van der Waals surface area contributed by atoms with Crippen molar-refractivity contribution in [3.8, 4) is 0 Å². The normalized spacial score (nSPS) is 17.1. The van der Waals surface area contributed by atoms with Crippen LogP contribution in [0.25, 0.3) is 6.08 Å². The van der Waals surface area contributed by atoms with Crippen LogP contribution in [-0.4, -0.2) is 20.2 Å². The van der Waals surface area contributed by atoms with E-state index in [2.05, 4.69) is 78.9 Å². The first-order valence-electron chi connectivity index (χ1n) is 11.9. The molecular formula is C27H33Cl2N5. The number of halogens is 2. The van der Waals surface area contributed by atoms with E-state index in [9.17, 15) is 0 Å². The minimum atomic E-state index is -0.313. The molecule has 0 bridgehead atoms. The smallest absolute Gasteiger partial charge is 0.177 e. The summed E-state index contributed by atoms with van der Waals surface area (Å²) in [6, 6.07) is 14.0. The Balaban J connectivity index is 1.74. The average molecular weight is 499 g/mol. The highest BCUT2D eigenvalue weighted by Crippen LogP contribution is 2.42. The molecule has 1 saturated carbocycles. The van der Waals surface area contributed by atoms with Gasteiger partial charge in [0.1, 0.15) is 0 Å². The molecule has 7 heteroatoms. The van der Waals surface area contributed by atoms with Gasteiger partial charge in [0.2, 0.25) is 0 Å². The van der Waals surface area contributed by atoms with Gasteiger partial charge >= 0.3 is 0 Å². The second-order valence-corrected chi connectivity index (χ2v) is 11.3. The van der Waals surface area contributed by atoms with Gasteiger partial charge in [-0.15, -0.1) is 5.10 Å². The first-order valence-corrected chi connectivity index (χ1v) is 12.7. The molecule has 1 aliphatic carbocycles. The highest BCUT2D eigenvalue weighted by molar-refractivity contribution is 6.35. The largest absolute Gasteiger partial charge is 0.373 e. The van der Waals surface area contributed by atoms with Crippen molar-refractivity contribution in [3.05, 3.63) is 75.5 Å². The van der Waals surface area contributed by atoms with E-state index in [4.69, 9.17) is 23.2 Å². The fraction of sp³-hybridized carbons (Fsp3) is 0.444. The fourth-order valence-electron chi connectivity index (χ4n) is 4.74. The number of aromatic nitrogens is 4. The third-order valence-corrected chi connectivity index (χ3v) is 7.20. The Morgan fingerprint density at radius 3 is 2.38 bits per heavy atom. The van der Waals surface area contributed by atoms with E-state index in [-0.39, 0.29) is 17.0 Å². The maximum absolute atomic E-state index is 6.44. The predicted molar refractivity (Wildman–Crippen MR) is 141 cm³/mol. The molecule has 34 heavy (non-hydrogen) atoms. The highest BCUT2D eigenvalue weighted by atomic mass is 35.5. The van der Waals surface area contributed by atoms with Gasteiger partial charge in [-0.25, -0.2) is 4.68 Å². The van der Waals surface area contributed by atoms with Crippen molar-refractivity contribution in [1.29, 1.82) is 0 Å². The lowest BCUT2D eigenvalue weighted by Gasteiger charge is -2.39. The van der Waals surface area contributed by atoms with Gasteiger partial charge in [0.15, 0.2) is 5.82 Å². The van der Waals surface area contributed by atoms with Gasteiger partial charge in [0, 0.05) is 15.7 Å². The molecule has 1 N–H and O–H groups in total. The number of aryl methyl sites for hydroxylation is 1. The average Bonchev–Trinajstić information content (AvgIpc) is 3.27. The molecule has 0 amide bonds. The Bertz CT molecular complexity index is 1140. The van der Waals surface area contributed by atoms with E-state index < -0.39 is 0 Å². The number of tetrazole rings is 1. The lowest BCUT2D eigenvalue weighted by atomic mass is 9.79. The van der Waals surface area contributed by atoms with Gasteiger partial charge < -0.3 is 5.32 Å². The summed E-state index contributed by atoms with van der Waals surface area (Å²) in [6.45, 7) is 8.72. The zero-order chi connectivity index (χ0) is 24.3. The number of hydrogen-bond acceptors (Lipinski definition) is 4. The molecule has 1 aliphatic rings. The Morgan fingerprint density at radius 1 is 1.03 bits per heavy atom. The number of nitrogens with one attached hydrogen (secondary N) is 1. The summed E-state index contributed by atoms with van der Waals surface area (Å²) in [7, 11) is 0. The summed E-state index contributed by atoms with van der Waals surface area (Å²) in [5, 5.41) is 18.4. The molecule has 1 atom stereocenters. The number of allylic oxidation sites excluding steroid dienone is 1. The van der Waals surface area contributed by atoms with E-state index >= 15 is 0 Å². The monoisotopic (exact) mass is 497 g/mol. The van der Waals surface area contributed by atoms with Crippen molar-refractivity contribution in [2.75, 3.05) is 5.32 Å². The summed E-state index contributed by atoms with van der Waals surface area (Å²) in [5.74, 6) is 0.888. The summed E-state index contributed by atoms with van der Waals surface area (Å²) in [4.78, 5) is 0. The van der Waals surface area contributed by atoms with Crippen molar-refractivity contribution >= 4 is 35.0 Å². The van der Waals surface area contributed by atoms with E-state index in [0.717, 1.165) is 42.8 Å². The van der Waals surface area contributed by atoms with Gasteiger partial charge in [0.25, 0.3) is 0 Å². The van der Waals surface area contributed by atoms with Crippen LogP contribution in [0.15, 0.2) is 48.5 Å². The summed E-state index contributed by atoms with van der Waals surface area (Å²) < 4.78 is 2.01. The molecule has 0 spiro atoms. The molecule has 5 nitrogen and oxygen atoms in total. The lowest BCUT2D eigenvalue weighted by Crippen LogP contribution is -2.42. The molecule has 180 valence electrons. The molecule has 0 aliphatic heterocycles.